The maximum atomic E-state index is 12.8. The quantitative estimate of drug-likeness (QED) is 0.471. The molecule has 1 aromatic heterocycles. The Morgan fingerprint density at radius 3 is 2.92 bits per heavy atom. The predicted octanol–water partition coefficient (Wildman–Crippen LogP) is 1.97. The normalized spacial score (nSPS) is 15.4. The van der Waals surface area contributed by atoms with Crippen molar-refractivity contribution in [2.24, 2.45) is 0 Å². The van der Waals surface area contributed by atoms with Crippen molar-refractivity contribution in [3.8, 4) is 0 Å². The van der Waals surface area contributed by atoms with E-state index in [0.717, 1.165) is 12.8 Å². The van der Waals surface area contributed by atoms with Crippen LogP contribution in [0, 0.1) is 0 Å². The van der Waals surface area contributed by atoms with Crippen LogP contribution in [0.25, 0.3) is 10.9 Å². The fourth-order valence-electron chi connectivity index (χ4n) is 2.50. The summed E-state index contributed by atoms with van der Waals surface area (Å²) >= 11 is 1.33. The molecule has 1 aromatic carbocycles. The van der Waals surface area contributed by atoms with Gasteiger partial charge in [-0.1, -0.05) is 23.9 Å². The molecule has 0 bridgehead atoms. The molecule has 0 aliphatic heterocycles. The minimum atomic E-state index is -0.333. The van der Waals surface area contributed by atoms with Crippen molar-refractivity contribution in [1.82, 2.24) is 14.9 Å². The summed E-state index contributed by atoms with van der Waals surface area (Å²) in [6.45, 7) is 2.77. The molecule has 128 valence electrons. The molecule has 1 saturated carbocycles. The average molecular weight is 347 g/mol. The summed E-state index contributed by atoms with van der Waals surface area (Å²) in [5, 5.41) is 3.74. The van der Waals surface area contributed by atoms with E-state index in [0.29, 0.717) is 29.2 Å². The van der Waals surface area contributed by atoms with Crippen LogP contribution in [0.15, 0.2) is 34.2 Å². The highest BCUT2D eigenvalue weighted by Gasteiger charge is 2.29. The van der Waals surface area contributed by atoms with Crippen molar-refractivity contribution in [2.45, 2.75) is 36.2 Å². The molecule has 0 saturated heterocycles. The topological polar surface area (TPSA) is 73.2 Å². The first-order valence-electron chi connectivity index (χ1n) is 8.06. The van der Waals surface area contributed by atoms with Gasteiger partial charge in [-0.25, -0.2) is 4.98 Å². The Morgan fingerprint density at radius 2 is 2.21 bits per heavy atom. The number of nitrogens with one attached hydrogen (secondary N) is 1. The lowest BCUT2D eigenvalue weighted by atomic mass is 10.2. The number of ether oxygens (including phenoxy) is 1. The molecule has 1 aliphatic rings. The van der Waals surface area contributed by atoms with Crippen molar-refractivity contribution in [3.05, 3.63) is 34.6 Å². The lowest BCUT2D eigenvalue weighted by molar-refractivity contribution is -0.120. The lowest BCUT2D eigenvalue weighted by Crippen LogP contribution is -2.34. The molecule has 1 heterocycles. The third-order valence-corrected chi connectivity index (χ3v) is 5.01. The zero-order valence-electron chi connectivity index (χ0n) is 13.8. The highest BCUT2D eigenvalue weighted by atomic mass is 32.2. The second kappa shape index (κ2) is 7.36. The first-order valence-corrected chi connectivity index (χ1v) is 8.94. The van der Waals surface area contributed by atoms with Gasteiger partial charge in [-0.15, -0.1) is 0 Å². The highest BCUT2D eigenvalue weighted by molar-refractivity contribution is 8.00. The van der Waals surface area contributed by atoms with E-state index in [4.69, 9.17) is 4.74 Å². The van der Waals surface area contributed by atoms with Gasteiger partial charge in [-0.3, -0.25) is 14.2 Å². The number of hydrogen-bond acceptors (Lipinski definition) is 5. The van der Waals surface area contributed by atoms with Crippen molar-refractivity contribution in [3.63, 3.8) is 0 Å². The van der Waals surface area contributed by atoms with Crippen LogP contribution in [-0.4, -0.2) is 41.0 Å². The van der Waals surface area contributed by atoms with Crippen molar-refractivity contribution in [2.75, 3.05) is 20.3 Å². The van der Waals surface area contributed by atoms with Crippen LogP contribution in [0.2, 0.25) is 0 Å². The van der Waals surface area contributed by atoms with Gasteiger partial charge < -0.3 is 10.1 Å². The van der Waals surface area contributed by atoms with Gasteiger partial charge in [0.25, 0.3) is 5.56 Å². The molecule has 2 aromatic rings. The number of carbonyl (C=O) groups is 1. The Bertz CT molecular complexity index is 801. The second-order valence-corrected chi connectivity index (χ2v) is 7.17. The number of rotatable bonds is 7. The van der Waals surface area contributed by atoms with Crippen LogP contribution in [-0.2, 0) is 9.53 Å². The number of carbonyl (C=O) groups excluding carboxylic acids is 1. The third-order valence-electron chi connectivity index (χ3n) is 3.94. The fraction of sp³-hybridized carbons (Fsp3) is 0.471. The number of nitrogens with zero attached hydrogens (tertiary/aromatic N) is 2. The van der Waals surface area contributed by atoms with E-state index in [2.05, 4.69) is 10.3 Å². The standard InChI is InChI=1S/C17H21N3O3S/c1-11(15(21)18-9-10-23-2)24-17-19-14-6-4-3-5-13(14)16(22)20(17)12-7-8-12/h3-6,11-12H,7-10H2,1-2H3,(H,18,21)/t11-/m0/s1. The predicted molar refractivity (Wildman–Crippen MR) is 94.5 cm³/mol. The second-order valence-electron chi connectivity index (χ2n) is 5.86. The molecule has 0 radical (unpaired) electrons. The van der Waals surface area contributed by atoms with E-state index < -0.39 is 0 Å². The summed E-state index contributed by atoms with van der Waals surface area (Å²) in [6, 6.07) is 7.56. The highest BCUT2D eigenvalue weighted by Crippen LogP contribution is 2.37. The molecule has 6 nitrogen and oxygen atoms in total. The first-order chi connectivity index (χ1) is 11.6. The zero-order valence-corrected chi connectivity index (χ0v) is 14.6. The number of fused-ring (bicyclic) bond motifs is 1. The number of benzene rings is 1. The molecular weight excluding hydrogens is 326 g/mol. The van der Waals surface area contributed by atoms with Gasteiger partial charge >= 0.3 is 0 Å². The van der Waals surface area contributed by atoms with E-state index in [1.165, 1.54) is 11.8 Å². The molecule has 3 rings (SSSR count). The number of para-hydroxylation sites is 1. The van der Waals surface area contributed by atoms with Crippen LogP contribution in [0.5, 0.6) is 0 Å². The lowest BCUT2D eigenvalue weighted by Gasteiger charge is -2.16. The van der Waals surface area contributed by atoms with Crippen LogP contribution in [0.3, 0.4) is 0 Å². The summed E-state index contributed by atoms with van der Waals surface area (Å²) in [6.07, 6.45) is 1.98. The maximum Gasteiger partial charge on any atom is 0.262 e. The summed E-state index contributed by atoms with van der Waals surface area (Å²) in [5.41, 5.74) is 0.659. The minimum absolute atomic E-state index is 0.0161. The van der Waals surface area contributed by atoms with Gasteiger partial charge in [0.05, 0.1) is 22.8 Å². The first kappa shape index (κ1) is 17.0. The molecule has 24 heavy (non-hydrogen) atoms. The average Bonchev–Trinajstić information content (AvgIpc) is 3.40. The van der Waals surface area contributed by atoms with E-state index in [9.17, 15) is 9.59 Å². The summed E-state index contributed by atoms with van der Waals surface area (Å²) in [7, 11) is 1.59. The third kappa shape index (κ3) is 3.62. The van der Waals surface area contributed by atoms with Crippen LogP contribution >= 0.6 is 11.8 Å². The summed E-state index contributed by atoms with van der Waals surface area (Å²) in [5.74, 6) is -0.0817. The molecule has 0 spiro atoms. The minimum Gasteiger partial charge on any atom is -0.383 e. The SMILES string of the molecule is COCCNC(=O)[C@H](C)Sc1nc2ccccc2c(=O)n1C1CC1. The summed E-state index contributed by atoms with van der Waals surface area (Å²) < 4.78 is 6.69. The zero-order chi connectivity index (χ0) is 17.1. The molecule has 1 amide bonds. The maximum absolute atomic E-state index is 12.8. The largest absolute Gasteiger partial charge is 0.383 e. The van der Waals surface area contributed by atoms with Gasteiger partial charge in [0.2, 0.25) is 5.91 Å². The Morgan fingerprint density at radius 1 is 1.46 bits per heavy atom. The molecular formula is C17H21N3O3S. The van der Waals surface area contributed by atoms with Gasteiger partial charge in [-0.2, -0.15) is 0 Å². The molecule has 1 N–H and O–H groups in total. The van der Waals surface area contributed by atoms with Crippen LogP contribution < -0.4 is 10.9 Å². The molecule has 1 fully saturated rings. The van der Waals surface area contributed by atoms with Gasteiger partial charge in [0.15, 0.2) is 5.16 Å². The number of aromatic nitrogens is 2. The molecule has 7 heteroatoms. The Balaban J connectivity index is 1.87. The number of hydrogen-bond donors (Lipinski definition) is 1. The van der Waals surface area contributed by atoms with Gasteiger partial charge in [0.1, 0.15) is 0 Å². The van der Waals surface area contributed by atoms with Gasteiger partial charge in [-0.05, 0) is 31.9 Å². The smallest absolute Gasteiger partial charge is 0.262 e. The number of amides is 1. The van der Waals surface area contributed by atoms with Gasteiger partial charge in [0, 0.05) is 19.7 Å². The Kier molecular flexibility index (Phi) is 5.20. The number of thioether (sulfide) groups is 1. The molecule has 1 aliphatic carbocycles. The van der Waals surface area contributed by atoms with E-state index in [1.807, 2.05) is 25.1 Å². The monoisotopic (exact) mass is 347 g/mol. The Labute approximate surface area is 144 Å². The number of methoxy groups -OCH3 is 1. The Hall–Kier alpha value is -1.86. The summed E-state index contributed by atoms with van der Waals surface area (Å²) in [4.78, 5) is 29.6. The molecule has 0 unspecified atom stereocenters. The van der Waals surface area contributed by atoms with Crippen molar-refractivity contribution >= 4 is 28.6 Å². The van der Waals surface area contributed by atoms with Crippen molar-refractivity contribution < 1.29 is 9.53 Å². The van der Waals surface area contributed by atoms with Crippen LogP contribution in [0.1, 0.15) is 25.8 Å². The molecule has 1 atom stereocenters. The van der Waals surface area contributed by atoms with Crippen molar-refractivity contribution in [1.29, 1.82) is 0 Å². The van der Waals surface area contributed by atoms with E-state index in [-0.39, 0.29) is 22.8 Å². The van der Waals surface area contributed by atoms with E-state index in [1.54, 1.807) is 17.7 Å². The van der Waals surface area contributed by atoms with E-state index >= 15 is 0 Å². The fourth-order valence-corrected chi connectivity index (χ4v) is 3.50. The van der Waals surface area contributed by atoms with Crippen LogP contribution in [0.4, 0.5) is 0 Å².